The second-order valence-electron chi connectivity index (χ2n) is 3.70. The van der Waals surface area contributed by atoms with Crippen LogP contribution in [-0.2, 0) is 9.53 Å². The number of ether oxygens (including phenoxy) is 1. The summed E-state index contributed by atoms with van der Waals surface area (Å²) in [4.78, 5) is 13.9. The highest BCUT2D eigenvalue weighted by atomic mass is 32.1. The molecule has 0 bridgehead atoms. The lowest BCUT2D eigenvalue weighted by Gasteiger charge is -2.23. The van der Waals surface area contributed by atoms with Crippen molar-refractivity contribution in [1.82, 2.24) is 4.90 Å². The van der Waals surface area contributed by atoms with E-state index in [1.165, 1.54) is 0 Å². The molecule has 0 aromatic rings. The first-order valence-electron chi connectivity index (χ1n) is 5.33. The number of likely N-dealkylation sites (tertiary alicyclic amines) is 1. The van der Waals surface area contributed by atoms with Crippen LogP contribution in [0.25, 0.3) is 0 Å². The van der Waals surface area contributed by atoms with Crippen molar-refractivity contribution in [3.05, 3.63) is 0 Å². The van der Waals surface area contributed by atoms with E-state index in [-0.39, 0.29) is 18.6 Å². The Hall–Kier alpha value is -0.680. The van der Waals surface area contributed by atoms with Crippen LogP contribution < -0.4 is 5.73 Å². The summed E-state index contributed by atoms with van der Waals surface area (Å²) in [6, 6.07) is -0.0577. The van der Waals surface area contributed by atoms with Crippen LogP contribution in [-0.4, -0.2) is 41.6 Å². The van der Waals surface area contributed by atoms with Gasteiger partial charge in [0.2, 0.25) is 5.91 Å². The van der Waals surface area contributed by atoms with Gasteiger partial charge in [0.05, 0.1) is 11.0 Å². The highest BCUT2D eigenvalue weighted by Gasteiger charge is 2.30. The van der Waals surface area contributed by atoms with Crippen LogP contribution in [0.15, 0.2) is 0 Å². The zero-order chi connectivity index (χ0) is 11.3. The van der Waals surface area contributed by atoms with Gasteiger partial charge >= 0.3 is 0 Å². The fourth-order valence-corrected chi connectivity index (χ4v) is 1.99. The highest BCUT2D eigenvalue weighted by Crippen LogP contribution is 2.17. The van der Waals surface area contributed by atoms with Crippen molar-refractivity contribution in [3.8, 4) is 0 Å². The zero-order valence-electron chi connectivity index (χ0n) is 9.07. The van der Waals surface area contributed by atoms with Gasteiger partial charge in [-0.15, -0.1) is 0 Å². The molecule has 0 aromatic heterocycles. The fraction of sp³-hybridized carbons (Fsp3) is 0.800. The number of carbonyl (C=O) groups is 1. The molecule has 0 saturated carbocycles. The summed E-state index contributed by atoms with van der Waals surface area (Å²) in [5, 5.41) is 0. The molecule has 0 radical (unpaired) electrons. The van der Waals surface area contributed by atoms with Crippen LogP contribution in [0.1, 0.15) is 26.2 Å². The smallest absolute Gasteiger partial charge is 0.249 e. The molecule has 86 valence electrons. The average Bonchev–Trinajstić information content (AvgIpc) is 2.66. The maximum absolute atomic E-state index is 11.7. The molecule has 1 fully saturated rings. The molecule has 0 spiro atoms. The number of rotatable bonds is 5. The van der Waals surface area contributed by atoms with E-state index in [4.69, 9.17) is 22.7 Å². The first-order valence-corrected chi connectivity index (χ1v) is 5.74. The van der Waals surface area contributed by atoms with Gasteiger partial charge in [0.25, 0.3) is 0 Å². The van der Waals surface area contributed by atoms with Gasteiger partial charge in [0, 0.05) is 13.2 Å². The molecular weight excluding hydrogens is 212 g/mol. The number of amides is 1. The van der Waals surface area contributed by atoms with Crippen LogP contribution in [0.4, 0.5) is 0 Å². The molecule has 1 rings (SSSR count). The molecule has 1 saturated heterocycles. The lowest BCUT2D eigenvalue weighted by Crippen LogP contribution is -2.44. The van der Waals surface area contributed by atoms with Crippen LogP contribution in [0.3, 0.4) is 0 Å². The zero-order valence-corrected chi connectivity index (χ0v) is 9.89. The molecule has 1 heterocycles. The predicted molar refractivity (Wildman–Crippen MR) is 62.6 cm³/mol. The summed E-state index contributed by atoms with van der Waals surface area (Å²) in [6.07, 6.45) is 2.78. The molecule has 15 heavy (non-hydrogen) atoms. The van der Waals surface area contributed by atoms with E-state index in [0.29, 0.717) is 11.6 Å². The van der Waals surface area contributed by atoms with Crippen molar-refractivity contribution in [2.45, 2.75) is 32.2 Å². The molecule has 1 amide bonds. The van der Waals surface area contributed by atoms with Gasteiger partial charge in [-0.1, -0.05) is 19.1 Å². The van der Waals surface area contributed by atoms with Gasteiger partial charge in [-0.2, -0.15) is 0 Å². The van der Waals surface area contributed by atoms with Crippen molar-refractivity contribution in [2.24, 2.45) is 5.73 Å². The van der Waals surface area contributed by atoms with E-state index in [9.17, 15) is 4.79 Å². The predicted octanol–water partition coefficient (Wildman–Crippen LogP) is 0.690. The molecule has 0 aliphatic carbocycles. The SMILES string of the molecule is CCCOCC(=O)N1CCCC1C(N)=S. The summed E-state index contributed by atoms with van der Waals surface area (Å²) in [7, 11) is 0. The van der Waals surface area contributed by atoms with E-state index in [0.717, 1.165) is 25.8 Å². The number of thiocarbonyl (C=S) groups is 1. The lowest BCUT2D eigenvalue weighted by atomic mass is 10.2. The van der Waals surface area contributed by atoms with E-state index < -0.39 is 0 Å². The van der Waals surface area contributed by atoms with E-state index in [1.54, 1.807) is 4.90 Å². The molecule has 4 nitrogen and oxygen atoms in total. The van der Waals surface area contributed by atoms with Gasteiger partial charge in [0.15, 0.2) is 0 Å². The fourth-order valence-electron chi connectivity index (χ4n) is 1.75. The molecular formula is C10H18N2O2S. The number of carbonyl (C=O) groups excluding carboxylic acids is 1. The number of hydrogen-bond donors (Lipinski definition) is 1. The Balaban J connectivity index is 2.40. The van der Waals surface area contributed by atoms with Gasteiger partial charge in [0.1, 0.15) is 6.61 Å². The molecule has 2 N–H and O–H groups in total. The Morgan fingerprint density at radius 2 is 2.40 bits per heavy atom. The first-order chi connectivity index (χ1) is 7.16. The third-order valence-electron chi connectivity index (χ3n) is 2.48. The summed E-state index contributed by atoms with van der Waals surface area (Å²) in [5.41, 5.74) is 5.58. The Kier molecular flexibility index (Phi) is 4.98. The third-order valence-corrected chi connectivity index (χ3v) is 2.75. The van der Waals surface area contributed by atoms with Crippen LogP contribution in [0.2, 0.25) is 0 Å². The van der Waals surface area contributed by atoms with E-state index >= 15 is 0 Å². The summed E-state index contributed by atoms with van der Waals surface area (Å²) in [5.74, 6) is -0.00116. The second-order valence-corrected chi connectivity index (χ2v) is 4.17. The topological polar surface area (TPSA) is 55.6 Å². The summed E-state index contributed by atoms with van der Waals surface area (Å²) in [6.45, 7) is 3.53. The highest BCUT2D eigenvalue weighted by molar-refractivity contribution is 7.80. The van der Waals surface area contributed by atoms with E-state index in [2.05, 4.69) is 0 Å². The molecule has 1 unspecified atom stereocenters. The number of hydrogen-bond acceptors (Lipinski definition) is 3. The van der Waals surface area contributed by atoms with Crippen molar-refractivity contribution in [1.29, 1.82) is 0 Å². The lowest BCUT2D eigenvalue weighted by molar-refractivity contribution is -0.135. The minimum Gasteiger partial charge on any atom is -0.392 e. The normalized spacial score (nSPS) is 20.6. The van der Waals surface area contributed by atoms with Gasteiger partial charge in [-0.25, -0.2) is 0 Å². The van der Waals surface area contributed by atoms with Gasteiger partial charge in [-0.3, -0.25) is 4.79 Å². The summed E-state index contributed by atoms with van der Waals surface area (Å²) >= 11 is 4.93. The number of nitrogens with two attached hydrogens (primary N) is 1. The van der Waals surface area contributed by atoms with Gasteiger partial charge in [-0.05, 0) is 19.3 Å². The molecule has 1 aliphatic heterocycles. The molecule has 0 aromatic carbocycles. The Morgan fingerprint density at radius 1 is 1.67 bits per heavy atom. The minimum absolute atomic E-state index is 0.00116. The van der Waals surface area contributed by atoms with Crippen LogP contribution in [0, 0.1) is 0 Å². The van der Waals surface area contributed by atoms with Crippen molar-refractivity contribution >= 4 is 23.1 Å². The maximum atomic E-state index is 11.7. The summed E-state index contributed by atoms with van der Waals surface area (Å²) < 4.78 is 5.21. The van der Waals surface area contributed by atoms with Crippen LogP contribution >= 0.6 is 12.2 Å². The monoisotopic (exact) mass is 230 g/mol. The molecule has 1 aliphatic rings. The maximum Gasteiger partial charge on any atom is 0.249 e. The van der Waals surface area contributed by atoms with Crippen molar-refractivity contribution < 1.29 is 9.53 Å². The second kappa shape index (κ2) is 6.02. The Morgan fingerprint density at radius 3 is 3.00 bits per heavy atom. The number of nitrogens with zero attached hydrogens (tertiary/aromatic N) is 1. The van der Waals surface area contributed by atoms with E-state index in [1.807, 2.05) is 6.92 Å². The van der Waals surface area contributed by atoms with Crippen LogP contribution in [0.5, 0.6) is 0 Å². The average molecular weight is 230 g/mol. The quantitative estimate of drug-likeness (QED) is 0.558. The standard InChI is InChI=1S/C10H18N2O2S/c1-2-6-14-7-9(13)12-5-3-4-8(12)10(11)15/h8H,2-7H2,1H3,(H2,11,15). The van der Waals surface area contributed by atoms with Crippen molar-refractivity contribution in [2.75, 3.05) is 19.8 Å². The van der Waals surface area contributed by atoms with Gasteiger partial charge < -0.3 is 15.4 Å². The Bertz CT molecular complexity index is 246. The largest absolute Gasteiger partial charge is 0.392 e. The first kappa shape index (κ1) is 12.4. The van der Waals surface area contributed by atoms with Crippen molar-refractivity contribution in [3.63, 3.8) is 0 Å². The third kappa shape index (κ3) is 3.43. The minimum atomic E-state index is -0.0577. The molecule has 1 atom stereocenters. The Labute approximate surface area is 95.8 Å². The molecule has 5 heteroatoms.